The van der Waals surface area contributed by atoms with Gasteiger partial charge in [-0.05, 0) is 56.6 Å². The van der Waals surface area contributed by atoms with Crippen molar-refractivity contribution in [3.63, 3.8) is 0 Å². The summed E-state index contributed by atoms with van der Waals surface area (Å²) < 4.78 is 0. The lowest BCUT2D eigenvalue weighted by Crippen LogP contribution is -2.37. The number of carbonyl (C=O) groups excluding carboxylic acids is 1. The first-order chi connectivity index (χ1) is 10.7. The third-order valence-corrected chi connectivity index (χ3v) is 4.25. The molecule has 6 heteroatoms. The molecule has 1 aliphatic rings. The van der Waals surface area contributed by atoms with E-state index in [4.69, 9.17) is 0 Å². The highest BCUT2D eigenvalue weighted by molar-refractivity contribution is 5.98. The minimum atomic E-state index is -0.0942. The predicted octanol–water partition coefficient (Wildman–Crippen LogP) is 1.54. The van der Waals surface area contributed by atoms with Crippen LogP contribution in [-0.2, 0) is 0 Å². The maximum absolute atomic E-state index is 12.4. The molecule has 1 aliphatic heterocycles. The average molecular weight is 299 g/mol. The van der Waals surface area contributed by atoms with E-state index < -0.39 is 0 Å². The van der Waals surface area contributed by atoms with Crippen LogP contribution < -0.4 is 5.32 Å². The van der Waals surface area contributed by atoms with Crippen molar-refractivity contribution in [2.75, 3.05) is 26.7 Å². The lowest BCUT2D eigenvalue weighted by molar-refractivity contribution is 0.0934. The number of aromatic nitrogens is 3. The van der Waals surface area contributed by atoms with E-state index in [-0.39, 0.29) is 5.91 Å². The zero-order valence-corrected chi connectivity index (χ0v) is 12.7. The van der Waals surface area contributed by atoms with Crippen molar-refractivity contribution in [3.05, 3.63) is 36.4 Å². The number of piperidine rings is 1. The molecule has 2 aromatic heterocycles. The van der Waals surface area contributed by atoms with Gasteiger partial charge in [-0.3, -0.25) is 14.9 Å². The molecule has 0 saturated carbocycles. The van der Waals surface area contributed by atoms with Crippen molar-refractivity contribution in [2.45, 2.75) is 12.8 Å². The summed E-state index contributed by atoms with van der Waals surface area (Å²) in [5, 5.41) is 9.85. The van der Waals surface area contributed by atoms with Crippen LogP contribution in [0.1, 0.15) is 23.3 Å². The van der Waals surface area contributed by atoms with Crippen LogP contribution >= 0.6 is 0 Å². The van der Waals surface area contributed by atoms with Crippen molar-refractivity contribution in [1.82, 2.24) is 25.4 Å². The first kappa shape index (κ1) is 14.7. The molecular weight excluding hydrogens is 278 g/mol. The van der Waals surface area contributed by atoms with Crippen molar-refractivity contribution in [3.8, 4) is 11.1 Å². The molecule has 1 saturated heterocycles. The molecule has 2 aromatic rings. The minimum Gasteiger partial charge on any atom is -0.350 e. The summed E-state index contributed by atoms with van der Waals surface area (Å²) in [5.74, 6) is 0.468. The number of pyridine rings is 1. The quantitative estimate of drug-likeness (QED) is 0.898. The molecule has 0 aliphatic carbocycles. The first-order valence-electron chi connectivity index (χ1n) is 7.64. The fourth-order valence-corrected chi connectivity index (χ4v) is 2.80. The van der Waals surface area contributed by atoms with Gasteiger partial charge in [0, 0.05) is 24.5 Å². The molecular formula is C16H21N5O. The number of likely N-dealkylation sites (tertiary alicyclic amines) is 1. The summed E-state index contributed by atoms with van der Waals surface area (Å²) in [6.07, 6.45) is 7.37. The van der Waals surface area contributed by atoms with E-state index in [1.807, 2.05) is 12.1 Å². The van der Waals surface area contributed by atoms with Crippen LogP contribution in [0.15, 0.2) is 30.7 Å². The third kappa shape index (κ3) is 3.33. The van der Waals surface area contributed by atoms with Gasteiger partial charge in [-0.2, -0.15) is 5.10 Å². The molecule has 6 nitrogen and oxygen atoms in total. The summed E-state index contributed by atoms with van der Waals surface area (Å²) >= 11 is 0. The summed E-state index contributed by atoms with van der Waals surface area (Å²) in [6.45, 7) is 2.93. The molecule has 3 rings (SSSR count). The largest absolute Gasteiger partial charge is 0.350 e. The second-order valence-corrected chi connectivity index (χ2v) is 5.85. The average Bonchev–Trinajstić information content (AvgIpc) is 3.04. The van der Waals surface area contributed by atoms with Crippen molar-refractivity contribution < 1.29 is 4.79 Å². The van der Waals surface area contributed by atoms with E-state index in [0.717, 1.165) is 43.6 Å². The molecule has 3 heterocycles. The first-order valence-corrected chi connectivity index (χ1v) is 7.64. The van der Waals surface area contributed by atoms with Gasteiger partial charge in [0.05, 0.1) is 6.20 Å². The molecule has 0 atom stereocenters. The Bertz CT molecular complexity index is 616. The van der Waals surface area contributed by atoms with E-state index in [0.29, 0.717) is 11.6 Å². The number of rotatable bonds is 4. The number of nitrogens with one attached hydrogen (secondary N) is 2. The Labute approximate surface area is 129 Å². The summed E-state index contributed by atoms with van der Waals surface area (Å²) in [7, 11) is 2.14. The lowest BCUT2D eigenvalue weighted by Gasteiger charge is -2.28. The molecule has 0 spiro atoms. The van der Waals surface area contributed by atoms with Gasteiger partial charge in [0.25, 0.3) is 5.91 Å². The van der Waals surface area contributed by atoms with Crippen LogP contribution in [-0.4, -0.2) is 52.7 Å². The lowest BCUT2D eigenvalue weighted by atomic mass is 9.97. The predicted molar refractivity (Wildman–Crippen MR) is 84.4 cm³/mol. The van der Waals surface area contributed by atoms with Crippen molar-refractivity contribution in [1.29, 1.82) is 0 Å². The van der Waals surface area contributed by atoms with Gasteiger partial charge < -0.3 is 10.2 Å². The van der Waals surface area contributed by atoms with E-state index in [1.54, 1.807) is 18.6 Å². The Balaban J connectivity index is 1.63. The smallest absolute Gasteiger partial charge is 0.269 e. The number of carbonyl (C=O) groups is 1. The van der Waals surface area contributed by atoms with Crippen LogP contribution in [0.3, 0.4) is 0 Å². The topological polar surface area (TPSA) is 73.9 Å². The van der Waals surface area contributed by atoms with Crippen molar-refractivity contribution in [2.24, 2.45) is 5.92 Å². The van der Waals surface area contributed by atoms with Crippen LogP contribution in [0.2, 0.25) is 0 Å². The number of H-pyrrole nitrogens is 1. The highest BCUT2D eigenvalue weighted by atomic mass is 16.1. The SMILES string of the molecule is CN1CCC(CNC(=O)c2[nH]ncc2-c2ccncc2)CC1. The normalized spacial score (nSPS) is 16.6. The van der Waals surface area contributed by atoms with Gasteiger partial charge in [0.1, 0.15) is 5.69 Å². The Hall–Kier alpha value is -2.21. The Kier molecular flexibility index (Phi) is 4.48. The van der Waals surface area contributed by atoms with Crippen LogP contribution in [0.5, 0.6) is 0 Å². The van der Waals surface area contributed by atoms with Gasteiger partial charge >= 0.3 is 0 Å². The van der Waals surface area contributed by atoms with Crippen LogP contribution in [0.25, 0.3) is 11.1 Å². The second-order valence-electron chi connectivity index (χ2n) is 5.85. The maximum Gasteiger partial charge on any atom is 0.269 e. The molecule has 116 valence electrons. The highest BCUT2D eigenvalue weighted by Gasteiger charge is 2.19. The van der Waals surface area contributed by atoms with Gasteiger partial charge in [-0.25, -0.2) is 0 Å². The Morgan fingerprint density at radius 3 is 2.82 bits per heavy atom. The van der Waals surface area contributed by atoms with Gasteiger partial charge in [0.15, 0.2) is 0 Å². The van der Waals surface area contributed by atoms with Gasteiger partial charge in [0.2, 0.25) is 0 Å². The Morgan fingerprint density at radius 1 is 1.36 bits per heavy atom. The number of nitrogens with zero attached hydrogens (tertiary/aromatic N) is 3. The van der Waals surface area contributed by atoms with Gasteiger partial charge in [-0.1, -0.05) is 0 Å². The number of aromatic amines is 1. The number of hydrogen-bond donors (Lipinski definition) is 2. The van der Waals surface area contributed by atoms with E-state index in [2.05, 4.69) is 32.4 Å². The zero-order chi connectivity index (χ0) is 15.4. The summed E-state index contributed by atoms with van der Waals surface area (Å²) in [5.41, 5.74) is 2.26. The zero-order valence-electron chi connectivity index (χ0n) is 12.7. The summed E-state index contributed by atoms with van der Waals surface area (Å²) in [6, 6.07) is 3.75. The molecule has 0 radical (unpaired) electrons. The molecule has 1 fully saturated rings. The number of amides is 1. The van der Waals surface area contributed by atoms with E-state index in [9.17, 15) is 4.79 Å². The molecule has 1 amide bonds. The van der Waals surface area contributed by atoms with Crippen molar-refractivity contribution >= 4 is 5.91 Å². The molecule has 22 heavy (non-hydrogen) atoms. The number of hydrogen-bond acceptors (Lipinski definition) is 4. The summed E-state index contributed by atoms with van der Waals surface area (Å²) in [4.78, 5) is 18.7. The standard InChI is InChI=1S/C16H21N5O/c1-21-8-4-12(5-9-21)10-18-16(22)15-14(11-19-20-15)13-2-6-17-7-3-13/h2-3,6-7,11-12H,4-5,8-10H2,1H3,(H,18,22)(H,19,20). The molecule has 0 bridgehead atoms. The molecule has 0 aromatic carbocycles. The minimum absolute atomic E-state index is 0.0942. The Morgan fingerprint density at radius 2 is 2.09 bits per heavy atom. The fraction of sp³-hybridized carbons (Fsp3) is 0.438. The van der Waals surface area contributed by atoms with E-state index >= 15 is 0 Å². The molecule has 2 N–H and O–H groups in total. The van der Waals surface area contributed by atoms with Gasteiger partial charge in [-0.15, -0.1) is 0 Å². The fourth-order valence-electron chi connectivity index (χ4n) is 2.80. The van der Waals surface area contributed by atoms with E-state index in [1.165, 1.54) is 0 Å². The maximum atomic E-state index is 12.4. The highest BCUT2D eigenvalue weighted by Crippen LogP contribution is 2.21. The second kappa shape index (κ2) is 6.70. The van der Waals surface area contributed by atoms with Crippen LogP contribution in [0, 0.1) is 5.92 Å². The van der Waals surface area contributed by atoms with Crippen LogP contribution in [0.4, 0.5) is 0 Å². The molecule has 0 unspecified atom stereocenters. The third-order valence-electron chi connectivity index (χ3n) is 4.25. The monoisotopic (exact) mass is 299 g/mol.